The average molecular weight is 691 g/mol. The van der Waals surface area contributed by atoms with E-state index < -0.39 is 11.2 Å². The summed E-state index contributed by atoms with van der Waals surface area (Å²) in [6.45, 7) is 12.0. The molecule has 1 radical (unpaired) electrons. The lowest BCUT2D eigenvalue weighted by atomic mass is 9.79. The van der Waals surface area contributed by atoms with Crippen LogP contribution in [0.3, 0.4) is 0 Å². The van der Waals surface area contributed by atoms with Crippen molar-refractivity contribution in [3.8, 4) is 33.4 Å². The van der Waals surface area contributed by atoms with Gasteiger partial charge in [0.25, 0.3) is 0 Å². The van der Waals surface area contributed by atoms with E-state index in [2.05, 4.69) is 176 Å². The average Bonchev–Trinajstić information content (AvgIpc) is 3.40. The Morgan fingerprint density at radius 1 is 0.509 bits per heavy atom. The minimum Gasteiger partial charge on any atom is -0.427 e. The molecule has 0 unspecified atom stereocenters. The zero-order valence-corrected chi connectivity index (χ0v) is 31.4. The minimum atomic E-state index is -1.00. The molecule has 0 bridgehead atoms. The molecule has 0 heterocycles. The lowest BCUT2D eigenvalue weighted by Crippen LogP contribution is -2.49. The van der Waals surface area contributed by atoms with Gasteiger partial charge in [-0.1, -0.05) is 135 Å². The third kappa shape index (κ3) is 6.26. The zero-order chi connectivity index (χ0) is 37.0. The van der Waals surface area contributed by atoms with Gasteiger partial charge in [0.15, 0.2) is 0 Å². The summed E-state index contributed by atoms with van der Waals surface area (Å²) in [5.74, 6) is 0. The van der Waals surface area contributed by atoms with Crippen LogP contribution in [-0.2, 0) is 10.1 Å². The molecule has 0 spiro atoms. The fourth-order valence-electron chi connectivity index (χ4n) is 7.53. The Labute approximate surface area is 314 Å². The fraction of sp³-hybridized carbons (Fsp3) is 0.184. The maximum Gasteiger partial charge on any atom is 0.331 e. The summed E-state index contributed by atoms with van der Waals surface area (Å²) in [5, 5.41) is 12.9. The van der Waals surface area contributed by atoms with Crippen molar-refractivity contribution in [3.05, 3.63) is 169 Å². The Morgan fingerprint density at radius 3 is 1.72 bits per heavy atom. The van der Waals surface area contributed by atoms with E-state index >= 15 is 0 Å². The van der Waals surface area contributed by atoms with Crippen LogP contribution in [0.4, 0.5) is 17.1 Å². The molecule has 0 saturated carbocycles. The highest BCUT2D eigenvalue weighted by molar-refractivity contribution is 6.51. The lowest BCUT2D eigenvalue weighted by Gasteiger charge is -2.37. The van der Waals surface area contributed by atoms with Gasteiger partial charge in [-0.05, 0) is 125 Å². The molecule has 53 heavy (non-hydrogen) atoms. The molecule has 0 fully saturated rings. The molecule has 8 rings (SSSR count). The van der Waals surface area contributed by atoms with Crippen molar-refractivity contribution in [1.29, 1.82) is 0 Å². The van der Waals surface area contributed by atoms with E-state index in [1.54, 1.807) is 21.3 Å². The largest absolute Gasteiger partial charge is 0.427 e. The van der Waals surface area contributed by atoms with E-state index in [-0.39, 0.29) is 5.41 Å². The molecule has 1 aliphatic rings. The highest BCUT2D eigenvalue weighted by atomic mass is 16.5. The smallest absolute Gasteiger partial charge is 0.331 e. The maximum absolute atomic E-state index is 10.6. The fourth-order valence-corrected chi connectivity index (χ4v) is 7.53. The predicted octanol–water partition coefficient (Wildman–Crippen LogP) is 11.8. The number of aliphatic hydroxyl groups is 1. The van der Waals surface area contributed by atoms with Crippen molar-refractivity contribution >= 4 is 40.8 Å². The standard InChI is InChI=1S/C49H45BNO2/c1-47(2)44-19-13-12-17-41(44)42-29-28-38(32-45(42)47)51(36-24-20-34(21-25-36)33-14-8-7-9-15-33)37-26-22-35(23-27-37)39-30-31-46(43-18-11-10-16-40(39)43)50-53-49(5,6)48(3,4)52/h7-32,52H,1-6H3. The molecule has 1 aliphatic carbocycles. The summed E-state index contributed by atoms with van der Waals surface area (Å²) in [6.07, 6.45) is 0. The number of fused-ring (bicyclic) bond motifs is 4. The molecule has 0 aliphatic heterocycles. The van der Waals surface area contributed by atoms with Crippen LogP contribution in [0.1, 0.15) is 52.7 Å². The Bertz CT molecular complexity index is 2420. The first kappa shape index (κ1) is 34.7. The van der Waals surface area contributed by atoms with Crippen molar-refractivity contribution in [3.63, 3.8) is 0 Å². The van der Waals surface area contributed by atoms with Gasteiger partial charge in [-0.2, -0.15) is 0 Å². The van der Waals surface area contributed by atoms with Crippen LogP contribution in [0.2, 0.25) is 0 Å². The Kier molecular flexibility index (Phi) is 8.64. The summed E-state index contributed by atoms with van der Waals surface area (Å²) in [6, 6.07) is 56.8. The Balaban J connectivity index is 1.18. The molecule has 3 nitrogen and oxygen atoms in total. The molecule has 0 atom stereocenters. The molecule has 4 heteroatoms. The Hall–Kier alpha value is -5.42. The van der Waals surface area contributed by atoms with Gasteiger partial charge in [-0.15, -0.1) is 0 Å². The zero-order valence-electron chi connectivity index (χ0n) is 31.4. The first-order valence-electron chi connectivity index (χ1n) is 18.5. The maximum atomic E-state index is 10.6. The van der Waals surface area contributed by atoms with Crippen LogP contribution >= 0.6 is 0 Å². The van der Waals surface area contributed by atoms with E-state index in [0.717, 1.165) is 44.4 Å². The number of nitrogens with zero attached hydrogens (tertiary/aromatic N) is 1. The molecule has 261 valence electrons. The third-order valence-electron chi connectivity index (χ3n) is 11.4. The predicted molar refractivity (Wildman–Crippen MR) is 224 cm³/mol. The second kappa shape index (κ2) is 13.2. The number of benzene rings is 7. The van der Waals surface area contributed by atoms with E-state index in [9.17, 15) is 5.11 Å². The molecule has 7 aromatic carbocycles. The number of hydrogen-bond donors (Lipinski definition) is 1. The van der Waals surface area contributed by atoms with E-state index in [1.807, 2.05) is 13.8 Å². The SMILES string of the molecule is CC1(C)c2ccccc2-c2ccc(N(c3ccc(-c4ccccc4)cc3)c3ccc(-c4ccc([B]OC(C)(C)C(C)(C)O)c5ccccc45)cc3)cc21. The van der Waals surface area contributed by atoms with Gasteiger partial charge in [0.2, 0.25) is 0 Å². The molecule has 0 aromatic heterocycles. The van der Waals surface area contributed by atoms with Crippen molar-refractivity contribution in [2.45, 2.75) is 58.2 Å². The van der Waals surface area contributed by atoms with Crippen molar-refractivity contribution < 1.29 is 9.76 Å². The van der Waals surface area contributed by atoms with Gasteiger partial charge < -0.3 is 14.7 Å². The highest BCUT2D eigenvalue weighted by Crippen LogP contribution is 2.50. The van der Waals surface area contributed by atoms with Gasteiger partial charge in [0, 0.05) is 22.5 Å². The molecular weight excluding hydrogens is 645 g/mol. The first-order chi connectivity index (χ1) is 25.4. The first-order valence-corrected chi connectivity index (χ1v) is 18.5. The van der Waals surface area contributed by atoms with Crippen LogP contribution in [0, 0.1) is 0 Å². The van der Waals surface area contributed by atoms with Crippen molar-refractivity contribution in [1.82, 2.24) is 0 Å². The normalized spacial score (nSPS) is 13.4. The van der Waals surface area contributed by atoms with E-state index in [4.69, 9.17) is 4.65 Å². The second-order valence-corrected chi connectivity index (χ2v) is 15.7. The molecular formula is C49H45BNO2. The number of anilines is 3. The Morgan fingerprint density at radius 2 is 1.04 bits per heavy atom. The van der Waals surface area contributed by atoms with E-state index in [0.29, 0.717) is 0 Å². The van der Waals surface area contributed by atoms with Crippen molar-refractivity contribution in [2.24, 2.45) is 0 Å². The summed E-state index contributed by atoms with van der Waals surface area (Å²) in [4.78, 5) is 2.37. The molecule has 7 aromatic rings. The van der Waals surface area contributed by atoms with Gasteiger partial charge >= 0.3 is 7.48 Å². The summed E-state index contributed by atoms with van der Waals surface area (Å²) in [5.41, 5.74) is 12.5. The highest BCUT2D eigenvalue weighted by Gasteiger charge is 2.37. The van der Waals surface area contributed by atoms with Crippen LogP contribution in [-0.4, -0.2) is 23.8 Å². The number of hydrogen-bond acceptors (Lipinski definition) is 3. The second-order valence-electron chi connectivity index (χ2n) is 15.7. The van der Waals surface area contributed by atoms with Gasteiger partial charge in [-0.3, -0.25) is 0 Å². The van der Waals surface area contributed by atoms with Crippen LogP contribution in [0.15, 0.2) is 158 Å². The summed E-state index contributed by atoms with van der Waals surface area (Å²) in [7, 11) is 1.78. The third-order valence-corrected chi connectivity index (χ3v) is 11.4. The topological polar surface area (TPSA) is 32.7 Å². The summed E-state index contributed by atoms with van der Waals surface area (Å²) < 4.78 is 6.17. The van der Waals surface area contributed by atoms with Crippen LogP contribution in [0.5, 0.6) is 0 Å². The quantitative estimate of drug-likeness (QED) is 0.153. The van der Waals surface area contributed by atoms with Crippen molar-refractivity contribution in [2.75, 3.05) is 4.90 Å². The molecule has 0 saturated heterocycles. The van der Waals surface area contributed by atoms with Crippen LogP contribution in [0.25, 0.3) is 44.2 Å². The monoisotopic (exact) mass is 690 g/mol. The minimum absolute atomic E-state index is 0.103. The van der Waals surface area contributed by atoms with Gasteiger partial charge in [-0.25, -0.2) is 0 Å². The lowest BCUT2D eigenvalue weighted by molar-refractivity contribution is -0.0893. The van der Waals surface area contributed by atoms with Crippen LogP contribution < -0.4 is 10.4 Å². The van der Waals surface area contributed by atoms with Gasteiger partial charge in [0.05, 0.1) is 11.2 Å². The van der Waals surface area contributed by atoms with Gasteiger partial charge in [0.1, 0.15) is 0 Å². The number of rotatable bonds is 9. The molecule has 0 amide bonds. The summed E-state index contributed by atoms with van der Waals surface area (Å²) >= 11 is 0. The molecule has 1 N–H and O–H groups in total. The van der Waals surface area contributed by atoms with E-state index in [1.165, 1.54) is 33.4 Å².